The van der Waals surface area contributed by atoms with Crippen molar-refractivity contribution in [3.8, 4) is 0 Å². The molecule has 1 aromatic carbocycles. The summed E-state index contributed by atoms with van der Waals surface area (Å²) >= 11 is 0. The van der Waals surface area contributed by atoms with Crippen LogP contribution >= 0.6 is 0 Å². The van der Waals surface area contributed by atoms with Crippen LogP contribution < -0.4 is 5.73 Å². The van der Waals surface area contributed by atoms with Gasteiger partial charge in [0.2, 0.25) is 0 Å². The molecule has 1 aromatic heterocycles. The molecule has 1 unspecified atom stereocenters. The highest BCUT2D eigenvalue weighted by molar-refractivity contribution is 5.90. The molecule has 0 aliphatic carbocycles. The van der Waals surface area contributed by atoms with Crippen molar-refractivity contribution in [2.24, 2.45) is 5.73 Å². The maximum Gasteiger partial charge on any atom is 0.338 e. The molecule has 7 heteroatoms. The Hall–Kier alpha value is -2.67. The first kappa shape index (κ1) is 17.7. The standard InChI is InChI=1S/C17H21N3O4/c1-2-24-17(23)13-7-3-5-12(9-13)6-4-8-15(21)20-10-14(16(18)22)19-11-20/h3,5,7,9-11,15,21H,2,4,6,8H2,1H3,(H2,18,22). The fourth-order valence-electron chi connectivity index (χ4n) is 2.33. The molecular weight excluding hydrogens is 310 g/mol. The molecule has 7 nitrogen and oxygen atoms in total. The number of benzene rings is 1. The first-order valence-electron chi connectivity index (χ1n) is 7.78. The summed E-state index contributed by atoms with van der Waals surface area (Å²) < 4.78 is 6.43. The molecular formula is C17H21N3O4. The molecule has 0 aliphatic heterocycles. The predicted molar refractivity (Wildman–Crippen MR) is 87.3 cm³/mol. The number of aromatic nitrogens is 2. The summed E-state index contributed by atoms with van der Waals surface area (Å²) in [4.78, 5) is 26.5. The van der Waals surface area contributed by atoms with E-state index in [0.717, 1.165) is 5.56 Å². The Labute approximate surface area is 140 Å². The zero-order chi connectivity index (χ0) is 17.5. The Morgan fingerprint density at radius 2 is 2.21 bits per heavy atom. The van der Waals surface area contributed by atoms with Crippen molar-refractivity contribution < 1.29 is 19.4 Å². The molecule has 1 amide bonds. The monoisotopic (exact) mass is 331 g/mol. The summed E-state index contributed by atoms with van der Waals surface area (Å²) in [5.41, 5.74) is 6.77. The number of primary amides is 1. The highest BCUT2D eigenvalue weighted by Gasteiger charge is 2.11. The fraction of sp³-hybridized carbons (Fsp3) is 0.353. The number of aryl methyl sites for hydroxylation is 1. The smallest absolute Gasteiger partial charge is 0.338 e. The number of carbonyl (C=O) groups is 2. The highest BCUT2D eigenvalue weighted by atomic mass is 16.5. The highest BCUT2D eigenvalue weighted by Crippen LogP contribution is 2.15. The Bertz CT molecular complexity index is 711. The van der Waals surface area contributed by atoms with Crippen LogP contribution in [0.3, 0.4) is 0 Å². The number of amides is 1. The number of hydrogen-bond acceptors (Lipinski definition) is 5. The molecule has 3 N–H and O–H groups in total. The van der Waals surface area contributed by atoms with E-state index in [9.17, 15) is 14.7 Å². The van der Waals surface area contributed by atoms with E-state index in [1.807, 2.05) is 12.1 Å². The summed E-state index contributed by atoms with van der Waals surface area (Å²) in [7, 11) is 0. The lowest BCUT2D eigenvalue weighted by atomic mass is 10.0. The SMILES string of the molecule is CCOC(=O)c1cccc(CCCC(O)n2cnc(C(N)=O)c2)c1. The molecule has 24 heavy (non-hydrogen) atoms. The van der Waals surface area contributed by atoms with Gasteiger partial charge in [-0.1, -0.05) is 12.1 Å². The number of aliphatic hydroxyl groups excluding tert-OH is 1. The van der Waals surface area contributed by atoms with Gasteiger partial charge in [0.1, 0.15) is 11.9 Å². The van der Waals surface area contributed by atoms with Gasteiger partial charge in [-0.2, -0.15) is 0 Å². The van der Waals surface area contributed by atoms with Crippen molar-refractivity contribution >= 4 is 11.9 Å². The van der Waals surface area contributed by atoms with Gasteiger partial charge < -0.3 is 20.1 Å². The minimum atomic E-state index is -0.779. The molecule has 1 heterocycles. The van der Waals surface area contributed by atoms with Crippen LogP contribution in [0, 0.1) is 0 Å². The third-order valence-corrected chi connectivity index (χ3v) is 3.56. The van der Waals surface area contributed by atoms with Crippen molar-refractivity contribution in [2.45, 2.75) is 32.4 Å². The van der Waals surface area contributed by atoms with Gasteiger partial charge in [0.05, 0.1) is 18.5 Å². The molecule has 128 valence electrons. The van der Waals surface area contributed by atoms with Gasteiger partial charge >= 0.3 is 5.97 Å². The van der Waals surface area contributed by atoms with Crippen LogP contribution in [0.15, 0.2) is 36.8 Å². The van der Waals surface area contributed by atoms with Gasteiger partial charge in [-0.3, -0.25) is 4.79 Å². The summed E-state index contributed by atoms with van der Waals surface area (Å²) in [6.07, 6.45) is 3.93. The molecule has 0 bridgehead atoms. The average Bonchev–Trinajstić information content (AvgIpc) is 3.06. The third kappa shape index (κ3) is 4.66. The minimum absolute atomic E-state index is 0.121. The number of esters is 1. The van der Waals surface area contributed by atoms with Gasteiger partial charge in [-0.15, -0.1) is 0 Å². The second-order valence-electron chi connectivity index (χ2n) is 5.36. The first-order chi connectivity index (χ1) is 11.5. The van der Waals surface area contributed by atoms with E-state index in [2.05, 4.69) is 4.98 Å². The van der Waals surface area contributed by atoms with Crippen molar-refractivity contribution in [3.05, 3.63) is 53.6 Å². The maximum atomic E-state index is 11.7. The average molecular weight is 331 g/mol. The number of nitrogens with two attached hydrogens (primary N) is 1. The van der Waals surface area contributed by atoms with Crippen molar-refractivity contribution in [3.63, 3.8) is 0 Å². The van der Waals surface area contributed by atoms with Crippen molar-refractivity contribution in [2.75, 3.05) is 6.61 Å². The van der Waals surface area contributed by atoms with Crippen LogP contribution in [0.25, 0.3) is 0 Å². The fourth-order valence-corrected chi connectivity index (χ4v) is 2.33. The Morgan fingerprint density at radius 3 is 2.88 bits per heavy atom. The molecule has 0 fully saturated rings. The van der Waals surface area contributed by atoms with Gasteiger partial charge in [-0.05, 0) is 43.9 Å². The van der Waals surface area contributed by atoms with E-state index in [1.165, 1.54) is 17.1 Å². The van der Waals surface area contributed by atoms with Crippen molar-refractivity contribution in [1.29, 1.82) is 0 Å². The van der Waals surface area contributed by atoms with E-state index < -0.39 is 12.1 Å². The lowest BCUT2D eigenvalue weighted by molar-refractivity contribution is 0.0526. The van der Waals surface area contributed by atoms with Crippen LogP contribution in [0.5, 0.6) is 0 Å². The number of imidazole rings is 1. The summed E-state index contributed by atoms with van der Waals surface area (Å²) in [5, 5.41) is 10.1. The van der Waals surface area contributed by atoms with Crippen molar-refractivity contribution in [1.82, 2.24) is 9.55 Å². The van der Waals surface area contributed by atoms with Gasteiger partial charge in [0.15, 0.2) is 0 Å². The predicted octanol–water partition coefficient (Wildman–Crippen LogP) is 1.67. The number of rotatable bonds is 8. The van der Waals surface area contributed by atoms with Crippen LogP contribution in [0.2, 0.25) is 0 Å². The largest absolute Gasteiger partial charge is 0.462 e. The Balaban J connectivity index is 1.88. The number of aliphatic hydroxyl groups is 1. The third-order valence-electron chi connectivity index (χ3n) is 3.56. The minimum Gasteiger partial charge on any atom is -0.462 e. The van der Waals surface area contributed by atoms with E-state index in [-0.39, 0.29) is 11.7 Å². The number of hydrogen-bond donors (Lipinski definition) is 2. The molecule has 0 saturated carbocycles. The molecule has 2 aromatic rings. The zero-order valence-electron chi connectivity index (χ0n) is 13.5. The number of carbonyl (C=O) groups excluding carboxylic acids is 2. The molecule has 0 radical (unpaired) electrons. The van der Waals surface area contributed by atoms with Crippen LogP contribution in [-0.2, 0) is 11.2 Å². The first-order valence-corrected chi connectivity index (χ1v) is 7.78. The maximum absolute atomic E-state index is 11.7. The second kappa shape index (κ2) is 8.26. The lowest BCUT2D eigenvalue weighted by Crippen LogP contribution is -2.11. The molecule has 2 rings (SSSR count). The van der Waals surface area contributed by atoms with Gasteiger partial charge in [-0.25, -0.2) is 9.78 Å². The molecule has 0 spiro atoms. The summed E-state index contributed by atoms with van der Waals surface area (Å²) in [5.74, 6) is -0.964. The quantitative estimate of drug-likeness (QED) is 0.716. The molecule has 1 atom stereocenters. The van der Waals surface area contributed by atoms with Gasteiger partial charge in [0.25, 0.3) is 5.91 Å². The lowest BCUT2D eigenvalue weighted by Gasteiger charge is -2.11. The Morgan fingerprint density at radius 1 is 1.42 bits per heavy atom. The molecule has 0 aliphatic rings. The van der Waals surface area contributed by atoms with Crippen LogP contribution in [-0.4, -0.2) is 33.1 Å². The summed E-state index contributed by atoms with van der Waals surface area (Å²) in [6.45, 7) is 2.11. The second-order valence-corrected chi connectivity index (χ2v) is 5.36. The Kier molecular flexibility index (Phi) is 6.08. The van der Waals surface area contributed by atoms with Crippen LogP contribution in [0.1, 0.15) is 52.4 Å². The number of ether oxygens (including phenoxy) is 1. The van der Waals surface area contributed by atoms with E-state index in [1.54, 1.807) is 19.1 Å². The van der Waals surface area contributed by atoms with Gasteiger partial charge in [0, 0.05) is 6.20 Å². The van der Waals surface area contributed by atoms with Crippen LogP contribution in [0.4, 0.5) is 0 Å². The van der Waals surface area contributed by atoms with E-state index in [4.69, 9.17) is 10.5 Å². The zero-order valence-corrected chi connectivity index (χ0v) is 13.5. The van der Waals surface area contributed by atoms with E-state index in [0.29, 0.717) is 31.4 Å². The summed E-state index contributed by atoms with van der Waals surface area (Å²) in [6, 6.07) is 7.25. The number of nitrogens with zero attached hydrogens (tertiary/aromatic N) is 2. The van der Waals surface area contributed by atoms with E-state index >= 15 is 0 Å². The molecule has 0 saturated heterocycles. The topological polar surface area (TPSA) is 107 Å². The normalized spacial score (nSPS) is 11.9.